The van der Waals surface area contributed by atoms with Gasteiger partial charge in [0.15, 0.2) is 0 Å². The fourth-order valence-electron chi connectivity index (χ4n) is 11.3. The van der Waals surface area contributed by atoms with E-state index in [0.717, 1.165) is 12.8 Å². The van der Waals surface area contributed by atoms with E-state index in [-0.39, 0.29) is 0 Å². The summed E-state index contributed by atoms with van der Waals surface area (Å²) in [4.78, 5) is 0. The Morgan fingerprint density at radius 1 is 0.338 bits per heavy atom. The largest absolute Gasteiger partial charge is 0.496 e. The topological polar surface area (TPSA) is 36.9 Å². The molecule has 0 amide bonds. The van der Waals surface area contributed by atoms with Crippen LogP contribution in [0.4, 0.5) is 0 Å². The number of benzene rings is 3. The van der Waals surface area contributed by atoms with Gasteiger partial charge in [0.05, 0.1) is 22.4 Å². The summed E-state index contributed by atoms with van der Waals surface area (Å²) in [5.74, 6) is 1.38. The van der Waals surface area contributed by atoms with Crippen molar-refractivity contribution in [2.45, 2.75) is 298 Å². The molecule has 2 fully saturated rings. The van der Waals surface area contributed by atoms with Crippen LogP contribution in [0.3, 0.4) is 0 Å². The molecule has 2 aliphatic rings. The maximum absolute atomic E-state index is 7.07. The summed E-state index contributed by atoms with van der Waals surface area (Å²) in [6.07, 6.45) is 40.1. The summed E-state index contributed by atoms with van der Waals surface area (Å²) in [6, 6.07) is 14.8. The van der Waals surface area contributed by atoms with Gasteiger partial charge in [-0.15, -0.1) is 0 Å². The van der Waals surface area contributed by atoms with Crippen molar-refractivity contribution < 1.29 is 18.6 Å². The van der Waals surface area contributed by atoms with Crippen LogP contribution in [0, 0.1) is 11.8 Å². The van der Waals surface area contributed by atoms with Crippen LogP contribution in [0.2, 0.25) is 0 Å². The second kappa shape index (κ2) is 27.8. The van der Waals surface area contributed by atoms with Crippen molar-refractivity contribution in [2.24, 2.45) is 11.8 Å². The Bertz CT molecular complexity index is 1710. The summed E-state index contributed by atoms with van der Waals surface area (Å²) >= 11 is 0. The fourth-order valence-corrected chi connectivity index (χ4v) is 11.3. The van der Waals surface area contributed by atoms with Gasteiger partial charge in [-0.25, -0.2) is 0 Å². The molecule has 0 saturated carbocycles. The van der Waals surface area contributed by atoms with E-state index >= 15 is 0 Å². The molecule has 0 N–H and O–H groups in total. The zero-order chi connectivity index (χ0) is 49.2. The van der Waals surface area contributed by atoms with Gasteiger partial charge in [0.25, 0.3) is 0 Å². The lowest BCUT2D eigenvalue weighted by Gasteiger charge is -2.32. The molecule has 5 rings (SSSR count). The van der Waals surface area contributed by atoms with E-state index in [1.807, 2.05) is 0 Å². The predicted molar refractivity (Wildman–Crippen MR) is 299 cm³/mol. The number of hydrogen-bond donors (Lipinski definition) is 0. The first-order valence-electron chi connectivity index (χ1n) is 29.3. The average molecular weight is 935 g/mol. The minimum absolute atomic E-state index is 0.460. The minimum Gasteiger partial charge on any atom is -0.399 e. The molecule has 4 nitrogen and oxygen atoms in total. The summed E-state index contributed by atoms with van der Waals surface area (Å²) in [7, 11) is -0.984. The normalized spacial score (nSPS) is 17.6. The smallest absolute Gasteiger partial charge is 0.399 e. The molecule has 6 heteroatoms. The van der Waals surface area contributed by atoms with Crippen LogP contribution in [-0.2, 0) is 31.5 Å². The van der Waals surface area contributed by atoms with Gasteiger partial charge in [0, 0.05) is 0 Å². The molecule has 382 valence electrons. The molecule has 0 aromatic heterocycles. The first-order chi connectivity index (χ1) is 32.6. The highest BCUT2D eigenvalue weighted by Gasteiger charge is 2.55. The average Bonchev–Trinajstić information content (AvgIpc) is 3.65. The lowest BCUT2D eigenvalue weighted by molar-refractivity contribution is 0.00578. The molecule has 3 aromatic carbocycles. The molecule has 3 aromatic rings. The third kappa shape index (κ3) is 16.1. The highest BCUT2D eigenvalue weighted by molar-refractivity contribution is 6.73. The Labute approximate surface area is 421 Å². The molecule has 0 spiro atoms. The molecule has 0 radical (unpaired) electrons. The quantitative estimate of drug-likeness (QED) is 0.0340. The van der Waals surface area contributed by atoms with E-state index in [9.17, 15) is 0 Å². The predicted octanol–water partition coefficient (Wildman–Crippen LogP) is 17.9. The van der Waals surface area contributed by atoms with Crippen LogP contribution >= 0.6 is 0 Å². The van der Waals surface area contributed by atoms with E-state index in [0.29, 0.717) is 11.8 Å². The summed E-state index contributed by atoms with van der Waals surface area (Å²) in [5, 5.41) is 4.88. The SMILES string of the molecule is CCCCCCCCC(CCCCCCCC)Cc1ccc2c(B3OC(C)(C)C(C)(C)O3)c3cc(CC(CCCCCCCC)CCCCCCCC)ccc3c(B3OC(C)(C)C(C)(C)O3)c2c1. The van der Waals surface area contributed by atoms with Gasteiger partial charge < -0.3 is 18.6 Å². The lowest BCUT2D eigenvalue weighted by Crippen LogP contribution is -2.41. The maximum Gasteiger partial charge on any atom is 0.496 e. The van der Waals surface area contributed by atoms with Crippen LogP contribution in [0.1, 0.15) is 274 Å². The highest BCUT2D eigenvalue weighted by Crippen LogP contribution is 2.41. The van der Waals surface area contributed by atoms with Crippen molar-refractivity contribution in [1.82, 2.24) is 0 Å². The van der Waals surface area contributed by atoms with Crippen LogP contribution in [0.15, 0.2) is 36.4 Å². The second-order valence-electron chi connectivity index (χ2n) is 24.1. The molecule has 0 atom stereocenters. The van der Waals surface area contributed by atoms with Crippen LogP contribution in [0.5, 0.6) is 0 Å². The van der Waals surface area contributed by atoms with Gasteiger partial charge in [-0.2, -0.15) is 0 Å². The highest BCUT2D eigenvalue weighted by atomic mass is 16.7. The summed E-state index contributed by atoms with van der Waals surface area (Å²) in [6.45, 7) is 26.9. The van der Waals surface area contributed by atoms with Gasteiger partial charge in [0.2, 0.25) is 0 Å². The van der Waals surface area contributed by atoms with E-state index in [1.165, 1.54) is 223 Å². The molecule has 0 unspecified atom stereocenters. The molecule has 68 heavy (non-hydrogen) atoms. The van der Waals surface area contributed by atoms with Gasteiger partial charge >= 0.3 is 14.2 Å². The van der Waals surface area contributed by atoms with Crippen molar-refractivity contribution in [1.29, 1.82) is 0 Å². The monoisotopic (exact) mass is 935 g/mol. The maximum atomic E-state index is 7.07. The summed E-state index contributed by atoms with van der Waals surface area (Å²) < 4.78 is 28.3. The number of unbranched alkanes of at least 4 members (excludes halogenated alkanes) is 20. The number of fused-ring (bicyclic) bond motifs is 2. The van der Waals surface area contributed by atoms with Crippen LogP contribution in [0.25, 0.3) is 21.5 Å². The molecule has 0 aliphatic carbocycles. The first-order valence-corrected chi connectivity index (χ1v) is 29.3. The van der Waals surface area contributed by atoms with E-state index < -0.39 is 36.6 Å². The van der Waals surface area contributed by atoms with Gasteiger partial charge in [-0.05, 0) is 124 Å². The van der Waals surface area contributed by atoms with E-state index in [2.05, 4.69) is 119 Å². The Hall–Kier alpha value is -1.85. The van der Waals surface area contributed by atoms with Gasteiger partial charge in [-0.1, -0.05) is 244 Å². The second-order valence-corrected chi connectivity index (χ2v) is 24.1. The van der Waals surface area contributed by atoms with Crippen molar-refractivity contribution in [3.05, 3.63) is 47.5 Å². The zero-order valence-electron chi connectivity index (χ0n) is 46.6. The zero-order valence-corrected chi connectivity index (χ0v) is 46.6. The Morgan fingerprint density at radius 2 is 0.588 bits per heavy atom. The Balaban J connectivity index is 1.59. The third-order valence-corrected chi connectivity index (χ3v) is 17.2. The minimum atomic E-state index is -0.492. The van der Waals surface area contributed by atoms with Crippen LogP contribution < -0.4 is 10.9 Å². The standard InChI is InChI=1S/C62H104B2O4/c1-13-17-21-25-29-33-37-49(38-34-30-26-22-18-14-2)45-51-41-43-53-55(47-51)57(63-65-59(5,6)60(7,8)66-63)54-44-42-52(48-56(54)58(53)64-67-61(9,10)62(11,12)68-64)46-50(39-35-31-27-23-19-15-3)40-36-32-28-24-20-16-4/h41-44,47-50H,13-40,45-46H2,1-12H3. The van der Waals surface area contributed by atoms with E-state index in [1.54, 1.807) is 0 Å². The Kier molecular flexibility index (Phi) is 23.4. The molecule has 0 bridgehead atoms. The third-order valence-electron chi connectivity index (χ3n) is 17.2. The number of rotatable bonds is 34. The molecule has 2 saturated heterocycles. The van der Waals surface area contributed by atoms with Crippen molar-refractivity contribution >= 4 is 46.7 Å². The molecular formula is C62H104B2O4. The van der Waals surface area contributed by atoms with Crippen molar-refractivity contribution in [3.63, 3.8) is 0 Å². The molecule has 2 heterocycles. The van der Waals surface area contributed by atoms with Gasteiger partial charge in [0.1, 0.15) is 0 Å². The van der Waals surface area contributed by atoms with Crippen LogP contribution in [-0.4, -0.2) is 36.6 Å². The number of hydrogen-bond acceptors (Lipinski definition) is 4. The van der Waals surface area contributed by atoms with Gasteiger partial charge in [-0.3, -0.25) is 0 Å². The summed E-state index contributed by atoms with van der Waals surface area (Å²) in [5.41, 5.74) is 3.36. The lowest BCUT2D eigenvalue weighted by atomic mass is 9.65. The molecule has 2 aliphatic heterocycles. The molecular weight excluding hydrogens is 830 g/mol. The van der Waals surface area contributed by atoms with E-state index in [4.69, 9.17) is 18.6 Å². The van der Waals surface area contributed by atoms with Crippen molar-refractivity contribution in [3.8, 4) is 0 Å². The fraction of sp³-hybridized carbons (Fsp3) is 0.774. The van der Waals surface area contributed by atoms with Crippen molar-refractivity contribution in [2.75, 3.05) is 0 Å². The Morgan fingerprint density at radius 3 is 0.853 bits per heavy atom. The first kappa shape index (κ1) is 57.1.